The number of thioether (sulfide) groups is 1. The summed E-state index contributed by atoms with van der Waals surface area (Å²) in [4.78, 5) is 14.4. The van der Waals surface area contributed by atoms with Gasteiger partial charge in [0, 0.05) is 61.4 Å². The third-order valence-corrected chi connectivity index (χ3v) is 6.67. The van der Waals surface area contributed by atoms with Crippen molar-refractivity contribution in [1.29, 1.82) is 0 Å². The molecule has 3 heterocycles. The molecule has 0 spiro atoms. The number of hydrogen-bond acceptors (Lipinski definition) is 6. The van der Waals surface area contributed by atoms with Gasteiger partial charge in [-0.3, -0.25) is 4.90 Å². The van der Waals surface area contributed by atoms with E-state index >= 15 is 0 Å². The van der Waals surface area contributed by atoms with E-state index < -0.39 is 0 Å². The molecule has 4 rings (SSSR count). The zero-order chi connectivity index (χ0) is 16.5. The summed E-state index contributed by atoms with van der Waals surface area (Å²) in [5.41, 5.74) is 1.12. The first-order chi connectivity index (χ1) is 11.7. The lowest BCUT2D eigenvalue weighted by molar-refractivity contribution is 0.0731. The Morgan fingerprint density at radius 3 is 2.46 bits per heavy atom. The standard InChI is InChI=1S/C18H28N4OS/c1-13-19-17(14-10-16(23)11-14)12-18(20-13)22-4-2-15(3-5-22)21-6-8-24-9-7-21/h12,14-16,23H,2-11H2,1H3. The van der Waals surface area contributed by atoms with E-state index in [1.165, 1.54) is 37.4 Å². The molecule has 132 valence electrons. The molecule has 0 aromatic carbocycles. The van der Waals surface area contributed by atoms with Crippen LogP contribution in [0.2, 0.25) is 0 Å². The monoisotopic (exact) mass is 348 g/mol. The van der Waals surface area contributed by atoms with Crippen molar-refractivity contribution in [2.24, 2.45) is 0 Å². The number of anilines is 1. The SMILES string of the molecule is Cc1nc(C2CC(O)C2)cc(N2CCC(N3CCSCC3)CC2)n1. The molecule has 24 heavy (non-hydrogen) atoms. The molecule has 6 heteroatoms. The van der Waals surface area contributed by atoms with Crippen LogP contribution in [0.15, 0.2) is 6.07 Å². The fourth-order valence-electron chi connectivity index (χ4n) is 4.18. The summed E-state index contributed by atoms with van der Waals surface area (Å²) in [6.07, 6.45) is 4.05. The van der Waals surface area contributed by atoms with Gasteiger partial charge in [-0.15, -0.1) is 0 Å². The maximum Gasteiger partial charge on any atom is 0.132 e. The van der Waals surface area contributed by atoms with Crippen molar-refractivity contribution in [2.75, 3.05) is 42.6 Å². The lowest BCUT2D eigenvalue weighted by atomic mass is 9.80. The lowest BCUT2D eigenvalue weighted by Crippen LogP contribution is -2.48. The van der Waals surface area contributed by atoms with E-state index in [0.717, 1.165) is 49.3 Å². The van der Waals surface area contributed by atoms with Crippen LogP contribution in [0.3, 0.4) is 0 Å². The van der Waals surface area contributed by atoms with Gasteiger partial charge in [0.1, 0.15) is 11.6 Å². The third-order valence-electron chi connectivity index (χ3n) is 5.73. The van der Waals surface area contributed by atoms with Crippen molar-refractivity contribution in [3.05, 3.63) is 17.6 Å². The molecule has 3 aliphatic rings. The van der Waals surface area contributed by atoms with Gasteiger partial charge in [-0.2, -0.15) is 11.8 Å². The predicted octanol–water partition coefficient (Wildman–Crippen LogP) is 2.04. The first kappa shape index (κ1) is 16.6. The summed E-state index contributed by atoms with van der Waals surface area (Å²) in [7, 11) is 0. The number of aliphatic hydroxyl groups excluding tert-OH is 1. The van der Waals surface area contributed by atoms with Crippen LogP contribution in [0.1, 0.15) is 43.1 Å². The number of aryl methyl sites for hydroxylation is 1. The Kier molecular flexibility index (Phi) is 4.97. The maximum atomic E-state index is 9.56. The van der Waals surface area contributed by atoms with Gasteiger partial charge < -0.3 is 10.0 Å². The van der Waals surface area contributed by atoms with Gasteiger partial charge in [0.05, 0.1) is 6.10 Å². The number of nitrogens with zero attached hydrogens (tertiary/aromatic N) is 4. The maximum absolute atomic E-state index is 9.56. The highest BCUT2D eigenvalue weighted by atomic mass is 32.2. The molecule has 1 aromatic rings. The molecular weight excluding hydrogens is 320 g/mol. The molecule has 0 unspecified atom stereocenters. The molecule has 2 saturated heterocycles. The minimum absolute atomic E-state index is 0.132. The third kappa shape index (κ3) is 3.55. The van der Waals surface area contributed by atoms with Crippen LogP contribution in [0.5, 0.6) is 0 Å². The van der Waals surface area contributed by atoms with Crippen molar-refractivity contribution >= 4 is 17.6 Å². The summed E-state index contributed by atoms with van der Waals surface area (Å²) in [5.74, 6) is 4.96. The summed E-state index contributed by atoms with van der Waals surface area (Å²) >= 11 is 2.09. The smallest absolute Gasteiger partial charge is 0.132 e. The fourth-order valence-corrected chi connectivity index (χ4v) is 5.11. The second-order valence-electron chi connectivity index (χ2n) is 7.39. The number of rotatable bonds is 3. The van der Waals surface area contributed by atoms with Gasteiger partial charge in [0.2, 0.25) is 0 Å². The first-order valence-electron chi connectivity index (χ1n) is 9.29. The Labute approximate surface area is 148 Å². The van der Waals surface area contributed by atoms with Gasteiger partial charge in [-0.1, -0.05) is 0 Å². The molecule has 3 fully saturated rings. The van der Waals surface area contributed by atoms with Crippen LogP contribution >= 0.6 is 11.8 Å². The predicted molar refractivity (Wildman–Crippen MR) is 98.9 cm³/mol. The Morgan fingerprint density at radius 2 is 1.79 bits per heavy atom. The Morgan fingerprint density at radius 1 is 1.08 bits per heavy atom. The molecule has 2 aliphatic heterocycles. The van der Waals surface area contributed by atoms with Crippen LogP contribution in [0, 0.1) is 6.92 Å². The largest absolute Gasteiger partial charge is 0.393 e. The Bertz CT molecular complexity index is 564. The first-order valence-corrected chi connectivity index (χ1v) is 10.4. The van der Waals surface area contributed by atoms with E-state index in [1.54, 1.807) is 0 Å². The lowest BCUT2D eigenvalue weighted by Gasteiger charge is -2.40. The van der Waals surface area contributed by atoms with Crippen LogP contribution in [0.25, 0.3) is 0 Å². The van der Waals surface area contributed by atoms with E-state index in [0.29, 0.717) is 5.92 Å². The van der Waals surface area contributed by atoms with Gasteiger partial charge in [0.25, 0.3) is 0 Å². The summed E-state index contributed by atoms with van der Waals surface area (Å²) < 4.78 is 0. The Balaban J connectivity index is 1.40. The van der Waals surface area contributed by atoms with Crippen molar-refractivity contribution in [3.63, 3.8) is 0 Å². The highest BCUT2D eigenvalue weighted by Crippen LogP contribution is 2.37. The van der Waals surface area contributed by atoms with E-state index in [2.05, 4.69) is 32.6 Å². The summed E-state index contributed by atoms with van der Waals surface area (Å²) in [5, 5.41) is 9.56. The second-order valence-corrected chi connectivity index (χ2v) is 8.61. The van der Waals surface area contributed by atoms with Crippen molar-refractivity contribution in [3.8, 4) is 0 Å². The van der Waals surface area contributed by atoms with Crippen molar-refractivity contribution < 1.29 is 5.11 Å². The average Bonchev–Trinajstić information content (AvgIpc) is 2.59. The highest BCUT2D eigenvalue weighted by Gasteiger charge is 2.31. The topological polar surface area (TPSA) is 52.5 Å². The van der Waals surface area contributed by atoms with Crippen molar-refractivity contribution in [2.45, 2.75) is 50.7 Å². The number of aliphatic hydroxyl groups is 1. The molecule has 1 aromatic heterocycles. The molecule has 0 bridgehead atoms. The molecule has 0 atom stereocenters. The van der Waals surface area contributed by atoms with E-state index in [1.807, 2.05) is 6.92 Å². The normalized spacial score (nSPS) is 29.5. The average molecular weight is 349 g/mol. The van der Waals surface area contributed by atoms with Crippen molar-refractivity contribution in [1.82, 2.24) is 14.9 Å². The Hall–Kier alpha value is -0.850. The number of hydrogen-bond donors (Lipinski definition) is 1. The van der Waals surface area contributed by atoms with E-state index in [4.69, 9.17) is 4.98 Å². The molecule has 0 amide bonds. The molecule has 5 nitrogen and oxygen atoms in total. The second kappa shape index (κ2) is 7.18. The van der Waals surface area contributed by atoms with Crippen LogP contribution in [-0.2, 0) is 0 Å². The van der Waals surface area contributed by atoms with Crippen LogP contribution in [-0.4, -0.2) is 69.8 Å². The fraction of sp³-hybridized carbons (Fsp3) is 0.778. The zero-order valence-electron chi connectivity index (χ0n) is 14.5. The van der Waals surface area contributed by atoms with E-state index in [9.17, 15) is 5.11 Å². The van der Waals surface area contributed by atoms with E-state index in [-0.39, 0.29) is 6.10 Å². The minimum atomic E-state index is -0.132. The molecule has 1 N–H and O–H groups in total. The molecule has 1 saturated carbocycles. The molecule has 0 radical (unpaired) electrons. The van der Waals surface area contributed by atoms with Gasteiger partial charge >= 0.3 is 0 Å². The quantitative estimate of drug-likeness (QED) is 0.902. The van der Waals surface area contributed by atoms with Crippen LogP contribution < -0.4 is 4.90 Å². The summed E-state index contributed by atoms with van der Waals surface area (Å²) in [6, 6.07) is 2.92. The van der Waals surface area contributed by atoms with Gasteiger partial charge in [0.15, 0.2) is 0 Å². The minimum Gasteiger partial charge on any atom is -0.393 e. The molecular formula is C18H28N4OS. The zero-order valence-corrected chi connectivity index (χ0v) is 15.3. The summed E-state index contributed by atoms with van der Waals surface area (Å²) in [6.45, 7) is 6.70. The molecule has 1 aliphatic carbocycles. The van der Waals surface area contributed by atoms with Crippen LogP contribution in [0.4, 0.5) is 5.82 Å². The highest BCUT2D eigenvalue weighted by molar-refractivity contribution is 7.99. The van der Waals surface area contributed by atoms with Gasteiger partial charge in [-0.05, 0) is 32.6 Å². The number of aromatic nitrogens is 2. The van der Waals surface area contributed by atoms with Gasteiger partial charge in [-0.25, -0.2) is 9.97 Å². The number of piperidine rings is 1.